The van der Waals surface area contributed by atoms with Crippen LogP contribution in [0.3, 0.4) is 0 Å². The Morgan fingerprint density at radius 2 is 2.18 bits per heavy atom. The second kappa shape index (κ2) is 5.65. The number of carboxylic acids is 1. The van der Waals surface area contributed by atoms with E-state index in [-0.39, 0.29) is 30.7 Å². The molecule has 6 nitrogen and oxygen atoms in total. The first-order valence-corrected chi connectivity index (χ1v) is 5.70. The van der Waals surface area contributed by atoms with E-state index in [1.807, 2.05) is 0 Å². The molecule has 0 saturated carbocycles. The Bertz CT molecular complexity index is 329. The molecular formula is C11H18N2O4. The van der Waals surface area contributed by atoms with Gasteiger partial charge in [0.25, 0.3) is 0 Å². The molecule has 0 aromatic heterocycles. The first-order chi connectivity index (χ1) is 7.95. The minimum absolute atomic E-state index is 0.0546. The highest BCUT2D eigenvalue weighted by Gasteiger charge is 2.31. The highest BCUT2D eigenvalue weighted by Crippen LogP contribution is 2.19. The summed E-state index contributed by atoms with van der Waals surface area (Å²) in [6, 6.07) is 0. The van der Waals surface area contributed by atoms with Crippen molar-refractivity contribution in [2.75, 3.05) is 26.7 Å². The molecule has 0 radical (unpaired) electrons. The van der Waals surface area contributed by atoms with E-state index in [2.05, 4.69) is 0 Å². The number of amides is 2. The first kappa shape index (κ1) is 13.5. The molecular weight excluding hydrogens is 224 g/mol. The van der Waals surface area contributed by atoms with Gasteiger partial charge in [-0.25, -0.2) is 0 Å². The third-order valence-corrected chi connectivity index (χ3v) is 3.03. The summed E-state index contributed by atoms with van der Waals surface area (Å²) >= 11 is 0. The zero-order valence-corrected chi connectivity index (χ0v) is 10.2. The molecule has 1 N–H and O–H groups in total. The van der Waals surface area contributed by atoms with Gasteiger partial charge < -0.3 is 14.9 Å². The van der Waals surface area contributed by atoms with Crippen molar-refractivity contribution in [3.63, 3.8) is 0 Å². The first-order valence-electron chi connectivity index (χ1n) is 5.70. The van der Waals surface area contributed by atoms with Crippen LogP contribution in [0.4, 0.5) is 0 Å². The van der Waals surface area contributed by atoms with E-state index in [1.54, 1.807) is 18.9 Å². The number of carbonyl (C=O) groups is 3. The van der Waals surface area contributed by atoms with Gasteiger partial charge in [0.15, 0.2) is 0 Å². The number of nitrogens with zero attached hydrogens (tertiary/aromatic N) is 2. The molecule has 1 heterocycles. The number of piperidine rings is 1. The number of carbonyl (C=O) groups excluding carboxylic acids is 2. The van der Waals surface area contributed by atoms with Crippen LogP contribution in [0.2, 0.25) is 0 Å². The molecule has 0 aromatic rings. The molecule has 17 heavy (non-hydrogen) atoms. The van der Waals surface area contributed by atoms with Gasteiger partial charge in [-0.15, -0.1) is 0 Å². The summed E-state index contributed by atoms with van der Waals surface area (Å²) in [5.41, 5.74) is 0. The van der Waals surface area contributed by atoms with Gasteiger partial charge in [-0.3, -0.25) is 14.4 Å². The molecule has 1 rings (SSSR count). The van der Waals surface area contributed by atoms with Crippen molar-refractivity contribution >= 4 is 17.8 Å². The minimum Gasteiger partial charge on any atom is -0.480 e. The van der Waals surface area contributed by atoms with Gasteiger partial charge in [0.05, 0.1) is 0 Å². The minimum atomic E-state index is -1.03. The van der Waals surface area contributed by atoms with Crippen molar-refractivity contribution in [2.45, 2.75) is 19.8 Å². The van der Waals surface area contributed by atoms with Crippen LogP contribution >= 0.6 is 0 Å². The molecule has 1 saturated heterocycles. The number of hydrogen-bond donors (Lipinski definition) is 1. The Hall–Kier alpha value is -1.59. The normalized spacial score (nSPS) is 20.2. The summed E-state index contributed by atoms with van der Waals surface area (Å²) in [5, 5.41) is 8.69. The van der Waals surface area contributed by atoms with Crippen molar-refractivity contribution < 1.29 is 19.5 Å². The van der Waals surface area contributed by atoms with E-state index >= 15 is 0 Å². The van der Waals surface area contributed by atoms with Crippen molar-refractivity contribution in [2.24, 2.45) is 5.92 Å². The fraction of sp³-hybridized carbons (Fsp3) is 0.727. The number of hydrogen-bond acceptors (Lipinski definition) is 3. The molecule has 96 valence electrons. The highest BCUT2D eigenvalue weighted by molar-refractivity contribution is 5.88. The molecule has 6 heteroatoms. The number of rotatable bonds is 4. The largest absolute Gasteiger partial charge is 0.480 e. The third kappa shape index (κ3) is 3.44. The molecule has 0 spiro atoms. The number of likely N-dealkylation sites (N-methyl/N-ethyl adjacent to an activating group) is 1. The zero-order valence-electron chi connectivity index (χ0n) is 10.2. The van der Waals surface area contributed by atoms with Crippen LogP contribution in [0.1, 0.15) is 19.8 Å². The molecule has 1 aliphatic rings. The van der Waals surface area contributed by atoms with Crippen LogP contribution < -0.4 is 0 Å². The standard InChI is InChI=1S/C11H18N2O4/c1-3-13(7-10(15)16)11(17)8-4-5-12(2)9(14)6-8/h8H,3-7H2,1-2H3,(H,15,16). The van der Waals surface area contributed by atoms with Crippen LogP contribution in [0.5, 0.6) is 0 Å². The highest BCUT2D eigenvalue weighted by atomic mass is 16.4. The van der Waals surface area contributed by atoms with Crippen molar-refractivity contribution in [1.82, 2.24) is 9.80 Å². The number of carboxylic acid groups (broad SMARTS) is 1. The van der Waals surface area contributed by atoms with Crippen LogP contribution in [-0.4, -0.2) is 59.4 Å². The maximum absolute atomic E-state index is 12.0. The van der Waals surface area contributed by atoms with E-state index < -0.39 is 5.97 Å². The van der Waals surface area contributed by atoms with Crippen LogP contribution in [0, 0.1) is 5.92 Å². The van der Waals surface area contributed by atoms with Crippen molar-refractivity contribution in [1.29, 1.82) is 0 Å². The molecule has 0 aromatic carbocycles. The Morgan fingerprint density at radius 3 is 2.65 bits per heavy atom. The second-order valence-electron chi connectivity index (χ2n) is 4.25. The zero-order chi connectivity index (χ0) is 13.0. The Labute approximate surface area is 100 Å². The van der Waals surface area contributed by atoms with E-state index in [1.165, 1.54) is 4.90 Å². The topological polar surface area (TPSA) is 77.9 Å². The van der Waals surface area contributed by atoms with Gasteiger partial charge in [-0.2, -0.15) is 0 Å². The lowest BCUT2D eigenvalue weighted by atomic mass is 9.95. The van der Waals surface area contributed by atoms with Crippen molar-refractivity contribution in [3.8, 4) is 0 Å². The Kier molecular flexibility index (Phi) is 4.48. The van der Waals surface area contributed by atoms with Crippen LogP contribution in [-0.2, 0) is 14.4 Å². The lowest BCUT2D eigenvalue weighted by Crippen LogP contribution is -2.45. The van der Waals surface area contributed by atoms with E-state index in [9.17, 15) is 14.4 Å². The van der Waals surface area contributed by atoms with E-state index in [4.69, 9.17) is 5.11 Å². The summed E-state index contributed by atoms with van der Waals surface area (Å²) in [6.45, 7) is 2.35. The predicted molar refractivity (Wildman–Crippen MR) is 60.3 cm³/mol. The van der Waals surface area contributed by atoms with Gasteiger partial charge in [0.1, 0.15) is 6.54 Å². The van der Waals surface area contributed by atoms with Gasteiger partial charge in [0, 0.05) is 32.5 Å². The van der Waals surface area contributed by atoms with Gasteiger partial charge in [0.2, 0.25) is 11.8 Å². The fourth-order valence-corrected chi connectivity index (χ4v) is 1.92. The fourth-order valence-electron chi connectivity index (χ4n) is 1.92. The smallest absolute Gasteiger partial charge is 0.323 e. The molecule has 2 amide bonds. The van der Waals surface area contributed by atoms with Gasteiger partial charge in [-0.1, -0.05) is 0 Å². The predicted octanol–water partition coefficient (Wildman–Crippen LogP) is -0.212. The molecule has 1 atom stereocenters. The summed E-state index contributed by atoms with van der Waals surface area (Å²) in [7, 11) is 1.71. The summed E-state index contributed by atoms with van der Waals surface area (Å²) in [4.78, 5) is 37.0. The average Bonchev–Trinajstić information content (AvgIpc) is 2.28. The Balaban J connectivity index is 2.62. The van der Waals surface area contributed by atoms with Crippen molar-refractivity contribution in [3.05, 3.63) is 0 Å². The van der Waals surface area contributed by atoms with Crippen LogP contribution in [0.15, 0.2) is 0 Å². The molecule has 1 unspecified atom stereocenters. The van der Waals surface area contributed by atoms with Gasteiger partial charge in [-0.05, 0) is 13.3 Å². The quantitative estimate of drug-likeness (QED) is 0.739. The summed E-state index contributed by atoms with van der Waals surface area (Å²) < 4.78 is 0. The van der Waals surface area contributed by atoms with Crippen LogP contribution in [0.25, 0.3) is 0 Å². The molecule has 0 bridgehead atoms. The summed E-state index contributed by atoms with van der Waals surface area (Å²) in [6.07, 6.45) is 0.794. The SMILES string of the molecule is CCN(CC(=O)O)C(=O)C1CCN(C)C(=O)C1. The van der Waals surface area contributed by atoms with E-state index in [0.717, 1.165) is 0 Å². The number of aliphatic carboxylic acids is 1. The summed E-state index contributed by atoms with van der Waals surface area (Å²) in [5.74, 6) is -1.67. The lowest BCUT2D eigenvalue weighted by Gasteiger charge is -2.31. The Morgan fingerprint density at radius 1 is 1.53 bits per heavy atom. The maximum atomic E-state index is 12.0. The monoisotopic (exact) mass is 242 g/mol. The average molecular weight is 242 g/mol. The lowest BCUT2D eigenvalue weighted by molar-refractivity contribution is -0.149. The maximum Gasteiger partial charge on any atom is 0.323 e. The molecule has 0 aliphatic carbocycles. The second-order valence-corrected chi connectivity index (χ2v) is 4.25. The number of likely N-dealkylation sites (tertiary alicyclic amines) is 1. The molecule has 1 fully saturated rings. The third-order valence-electron chi connectivity index (χ3n) is 3.03. The molecule has 1 aliphatic heterocycles. The van der Waals surface area contributed by atoms with Gasteiger partial charge >= 0.3 is 5.97 Å². The van der Waals surface area contributed by atoms with E-state index in [0.29, 0.717) is 19.5 Å².